The summed E-state index contributed by atoms with van der Waals surface area (Å²) in [6.45, 7) is 4.01. The minimum absolute atomic E-state index is 0.109. The van der Waals surface area contributed by atoms with Gasteiger partial charge in [0.2, 0.25) is 0 Å². The lowest BCUT2D eigenvalue weighted by Crippen LogP contribution is -2.41. The Morgan fingerprint density at radius 2 is 1.83 bits per heavy atom. The maximum atomic E-state index is 13.2. The molecule has 1 N–H and O–H groups in total. The molecule has 1 amide bonds. The predicted molar refractivity (Wildman–Crippen MR) is 112 cm³/mol. The molecule has 0 saturated carbocycles. The van der Waals surface area contributed by atoms with Gasteiger partial charge in [-0.1, -0.05) is 0 Å². The number of rotatable bonds is 4. The number of carbonyl (C=O) groups is 2. The molecular formula is C22H22N4O4. The van der Waals surface area contributed by atoms with Crippen LogP contribution in [0, 0.1) is 6.92 Å². The molecule has 1 aliphatic rings. The smallest absolute Gasteiger partial charge is 0.337 e. The molecular weight excluding hydrogens is 384 g/mol. The van der Waals surface area contributed by atoms with E-state index in [1.54, 1.807) is 35.4 Å². The summed E-state index contributed by atoms with van der Waals surface area (Å²) < 4.78 is 10.1. The first kappa shape index (κ1) is 19.8. The van der Waals surface area contributed by atoms with Gasteiger partial charge in [-0.05, 0) is 43.3 Å². The normalized spacial score (nSPS) is 13.9. The minimum Gasteiger partial charge on any atom is -0.465 e. The zero-order chi connectivity index (χ0) is 21.1. The maximum Gasteiger partial charge on any atom is 0.337 e. The van der Waals surface area contributed by atoms with Gasteiger partial charge in [-0.3, -0.25) is 4.79 Å². The van der Waals surface area contributed by atoms with Gasteiger partial charge in [0.15, 0.2) is 5.65 Å². The summed E-state index contributed by atoms with van der Waals surface area (Å²) in [6, 6.07) is 10.7. The first-order valence-electron chi connectivity index (χ1n) is 9.65. The van der Waals surface area contributed by atoms with Crippen molar-refractivity contribution in [1.82, 2.24) is 14.9 Å². The quantitative estimate of drug-likeness (QED) is 0.666. The highest BCUT2D eigenvalue weighted by atomic mass is 16.5. The number of carbonyl (C=O) groups excluding carboxylic acids is 2. The number of hydrogen-bond acceptors (Lipinski definition) is 7. The van der Waals surface area contributed by atoms with Crippen molar-refractivity contribution < 1.29 is 19.1 Å². The Balaban J connectivity index is 1.75. The first-order chi connectivity index (χ1) is 14.6. The van der Waals surface area contributed by atoms with Gasteiger partial charge < -0.3 is 19.7 Å². The number of benzene rings is 1. The maximum absolute atomic E-state index is 13.2. The van der Waals surface area contributed by atoms with Crippen molar-refractivity contribution in [3.8, 4) is 0 Å². The molecule has 8 nitrogen and oxygen atoms in total. The molecule has 0 unspecified atom stereocenters. The Hall–Kier alpha value is -3.52. The summed E-state index contributed by atoms with van der Waals surface area (Å²) in [4.78, 5) is 35.6. The highest BCUT2D eigenvalue weighted by Crippen LogP contribution is 2.30. The van der Waals surface area contributed by atoms with Crippen LogP contribution in [0.5, 0.6) is 0 Å². The molecule has 3 heterocycles. The number of pyridine rings is 2. The largest absolute Gasteiger partial charge is 0.465 e. The fourth-order valence-electron chi connectivity index (χ4n) is 3.36. The second kappa shape index (κ2) is 8.46. The van der Waals surface area contributed by atoms with E-state index < -0.39 is 5.97 Å². The lowest BCUT2D eigenvalue weighted by Gasteiger charge is -2.27. The zero-order valence-electron chi connectivity index (χ0n) is 16.8. The Morgan fingerprint density at radius 3 is 2.53 bits per heavy atom. The fourth-order valence-corrected chi connectivity index (χ4v) is 3.36. The number of anilines is 2. The summed E-state index contributed by atoms with van der Waals surface area (Å²) in [5.74, 6) is -0.513. The predicted octanol–water partition coefficient (Wildman–Crippen LogP) is 2.94. The Labute approximate surface area is 173 Å². The Kier molecular flexibility index (Phi) is 5.58. The van der Waals surface area contributed by atoms with Crippen LogP contribution in [-0.4, -0.2) is 60.2 Å². The van der Waals surface area contributed by atoms with E-state index in [0.29, 0.717) is 48.8 Å². The molecule has 4 rings (SSSR count). The number of morpholine rings is 1. The molecule has 0 aliphatic carbocycles. The molecule has 154 valence electrons. The summed E-state index contributed by atoms with van der Waals surface area (Å²) in [6.07, 6.45) is 1.57. The molecule has 0 atom stereocenters. The molecule has 0 bridgehead atoms. The third-order valence-corrected chi connectivity index (χ3v) is 4.97. The van der Waals surface area contributed by atoms with Crippen LogP contribution in [-0.2, 0) is 9.47 Å². The van der Waals surface area contributed by atoms with Crippen molar-refractivity contribution >= 4 is 34.3 Å². The van der Waals surface area contributed by atoms with Crippen LogP contribution >= 0.6 is 0 Å². The van der Waals surface area contributed by atoms with E-state index in [4.69, 9.17) is 9.47 Å². The molecule has 8 heteroatoms. The number of methoxy groups -OCH3 is 1. The van der Waals surface area contributed by atoms with E-state index in [9.17, 15) is 9.59 Å². The number of fused-ring (bicyclic) bond motifs is 1. The van der Waals surface area contributed by atoms with Gasteiger partial charge in [-0.15, -0.1) is 0 Å². The highest BCUT2D eigenvalue weighted by molar-refractivity contribution is 6.07. The first-order valence-corrected chi connectivity index (χ1v) is 9.65. The lowest BCUT2D eigenvalue weighted by molar-refractivity contribution is 0.0303. The van der Waals surface area contributed by atoms with Gasteiger partial charge in [-0.2, -0.15) is 0 Å². The van der Waals surface area contributed by atoms with E-state index in [-0.39, 0.29) is 5.91 Å². The van der Waals surface area contributed by atoms with Crippen molar-refractivity contribution in [3.63, 3.8) is 0 Å². The number of nitrogens with zero attached hydrogens (tertiary/aromatic N) is 3. The van der Waals surface area contributed by atoms with Crippen LogP contribution in [0.3, 0.4) is 0 Å². The van der Waals surface area contributed by atoms with Gasteiger partial charge in [0, 0.05) is 36.1 Å². The van der Waals surface area contributed by atoms with E-state index in [1.807, 2.05) is 19.1 Å². The van der Waals surface area contributed by atoms with Crippen molar-refractivity contribution in [3.05, 3.63) is 59.4 Å². The van der Waals surface area contributed by atoms with Gasteiger partial charge >= 0.3 is 5.97 Å². The lowest BCUT2D eigenvalue weighted by atomic mass is 10.1. The SMILES string of the molecule is COC(=O)c1ccc(Nc2c(C(=O)N3CCOCC3)cnc3nc(C)ccc23)cc1. The van der Waals surface area contributed by atoms with Crippen LogP contribution in [0.15, 0.2) is 42.6 Å². The standard InChI is InChI=1S/C22H22N4O4/c1-14-3-8-17-19(25-16-6-4-15(5-7-16)22(28)29-2)18(13-23-20(17)24-14)21(27)26-9-11-30-12-10-26/h3-8,13H,9-12H2,1-2H3,(H,23,24,25). The third kappa shape index (κ3) is 3.95. The van der Waals surface area contributed by atoms with Crippen molar-refractivity contribution in [1.29, 1.82) is 0 Å². The number of ether oxygens (including phenoxy) is 2. The van der Waals surface area contributed by atoms with E-state index >= 15 is 0 Å². The third-order valence-electron chi connectivity index (χ3n) is 4.97. The molecule has 0 radical (unpaired) electrons. The second-order valence-corrected chi connectivity index (χ2v) is 6.97. The van der Waals surface area contributed by atoms with E-state index in [1.165, 1.54) is 7.11 Å². The molecule has 2 aromatic heterocycles. The van der Waals surface area contributed by atoms with Crippen LogP contribution in [0.1, 0.15) is 26.4 Å². The monoisotopic (exact) mass is 406 g/mol. The van der Waals surface area contributed by atoms with Crippen LogP contribution in [0.25, 0.3) is 11.0 Å². The van der Waals surface area contributed by atoms with Crippen molar-refractivity contribution in [2.24, 2.45) is 0 Å². The molecule has 1 saturated heterocycles. The molecule has 0 spiro atoms. The number of hydrogen-bond donors (Lipinski definition) is 1. The summed E-state index contributed by atoms with van der Waals surface area (Å²) in [5, 5.41) is 4.08. The molecule has 3 aromatic rings. The van der Waals surface area contributed by atoms with Gasteiger partial charge in [0.25, 0.3) is 5.91 Å². The van der Waals surface area contributed by atoms with Gasteiger partial charge in [-0.25, -0.2) is 14.8 Å². The van der Waals surface area contributed by atoms with Crippen LogP contribution < -0.4 is 5.32 Å². The van der Waals surface area contributed by atoms with E-state index in [2.05, 4.69) is 15.3 Å². The van der Waals surface area contributed by atoms with E-state index in [0.717, 1.165) is 16.8 Å². The topological polar surface area (TPSA) is 93.7 Å². The molecule has 30 heavy (non-hydrogen) atoms. The number of aryl methyl sites for hydroxylation is 1. The van der Waals surface area contributed by atoms with Gasteiger partial charge in [0.1, 0.15) is 0 Å². The zero-order valence-corrected chi connectivity index (χ0v) is 16.8. The summed E-state index contributed by atoms with van der Waals surface area (Å²) in [7, 11) is 1.34. The Bertz CT molecular complexity index is 1090. The average molecular weight is 406 g/mol. The van der Waals surface area contributed by atoms with Crippen LogP contribution in [0.4, 0.5) is 11.4 Å². The number of nitrogens with one attached hydrogen (secondary N) is 1. The second-order valence-electron chi connectivity index (χ2n) is 6.97. The summed E-state index contributed by atoms with van der Waals surface area (Å²) >= 11 is 0. The average Bonchev–Trinajstić information content (AvgIpc) is 2.79. The number of amides is 1. The number of aromatic nitrogens is 2. The summed E-state index contributed by atoms with van der Waals surface area (Å²) in [5.41, 5.74) is 3.68. The van der Waals surface area contributed by atoms with Gasteiger partial charge in [0.05, 0.1) is 37.1 Å². The molecule has 1 fully saturated rings. The molecule has 1 aromatic carbocycles. The molecule has 1 aliphatic heterocycles. The van der Waals surface area contributed by atoms with Crippen LogP contribution in [0.2, 0.25) is 0 Å². The van der Waals surface area contributed by atoms with Crippen molar-refractivity contribution in [2.75, 3.05) is 38.7 Å². The minimum atomic E-state index is -0.404. The highest BCUT2D eigenvalue weighted by Gasteiger charge is 2.23. The Morgan fingerprint density at radius 1 is 1.10 bits per heavy atom. The van der Waals surface area contributed by atoms with Crippen molar-refractivity contribution in [2.45, 2.75) is 6.92 Å². The number of esters is 1. The fraction of sp³-hybridized carbons (Fsp3) is 0.273.